The molecule has 3 atom stereocenters. The summed E-state index contributed by atoms with van der Waals surface area (Å²) >= 11 is 6.06. The molecule has 1 saturated heterocycles. The topological polar surface area (TPSA) is 88.8 Å². The van der Waals surface area contributed by atoms with Gasteiger partial charge >= 0.3 is 12.2 Å². The van der Waals surface area contributed by atoms with Gasteiger partial charge < -0.3 is 24.3 Å². The van der Waals surface area contributed by atoms with E-state index < -0.39 is 11.7 Å². The van der Waals surface area contributed by atoms with Crippen LogP contribution in [0.1, 0.15) is 48.9 Å². The summed E-state index contributed by atoms with van der Waals surface area (Å²) in [5.41, 5.74) is 0.561. The number of hydrogen-bond donors (Lipinski definition) is 0. The fourth-order valence-electron chi connectivity index (χ4n) is 6.79. The van der Waals surface area contributed by atoms with Crippen molar-refractivity contribution in [2.45, 2.75) is 63.3 Å². The zero-order chi connectivity index (χ0) is 32.3. The van der Waals surface area contributed by atoms with Gasteiger partial charge in [-0.2, -0.15) is 28.4 Å². The maximum atomic E-state index is 14.1. The Morgan fingerprint density at radius 1 is 1.22 bits per heavy atom. The second-order valence-electron chi connectivity index (χ2n) is 12.2. The number of amides is 1. The summed E-state index contributed by atoms with van der Waals surface area (Å²) in [5.74, 6) is 0.741. The van der Waals surface area contributed by atoms with Gasteiger partial charge in [-0.25, -0.2) is 0 Å². The highest BCUT2D eigenvalue weighted by atomic mass is 35.5. The maximum Gasteiger partial charge on any atom is 0.419 e. The second-order valence-corrected chi connectivity index (χ2v) is 12.6. The molecule has 9 nitrogen and oxygen atoms in total. The number of piperazine rings is 1. The summed E-state index contributed by atoms with van der Waals surface area (Å²) in [4.78, 5) is 29.7. The summed E-state index contributed by atoms with van der Waals surface area (Å²) in [5, 5.41) is 9.14. The third kappa shape index (κ3) is 7.31. The molecule has 0 spiro atoms. The Kier molecular flexibility index (Phi) is 10.1. The third-order valence-electron chi connectivity index (χ3n) is 9.14. The molecule has 1 aromatic heterocycles. The number of benzene rings is 1. The molecule has 0 radical (unpaired) electrons. The van der Waals surface area contributed by atoms with Crippen molar-refractivity contribution in [1.82, 2.24) is 19.8 Å². The Balaban J connectivity index is 1.47. The molecule has 3 heterocycles. The molecule has 2 unspecified atom stereocenters. The lowest BCUT2D eigenvalue weighted by atomic mass is 9.86. The predicted octanol–water partition coefficient (Wildman–Crippen LogP) is 5.33. The van der Waals surface area contributed by atoms with Gasteiger partial charge in [0.1, 0.15) is 5.82 Å². The van der Waals surface area contributed by atoms with Crippen molar-refractivity contribution in [3.63, 3.8) is 0 Å². The molecular weight excluding hydrogens is 607 g/mol. The van der Waals surface area contributed by atoms with Crippen molar-refractivity contribution < 1.29 is 22.7 Å². The van der Waals surface area contributed by atoms with Gasteiger partial charge in [-0.1, -0.05) is 30.7 Å². The minimum atomic E-state index is -4.62. The number of fused-ring (bicyclic) bond motifs is 1. The van der Waals surface area contributed by atoms with E-state index >= 15 is 0 Å². The van der Waals surface area contributed by atoms with Gasteiger partial charge in [-0.05, 0) is 63.9 Å². The number of carbonyl (C=O) groups excluding carboxylic acids is 1. The van der Waals surface area contributed by atoms with Crippen LogP contribution in [0.2, 0.25) is 5.02 Å². The van der Waals surface area contributed by atoms with E-state index in [-0.39, 0.29) is 41.6 Å². The van der Waals surface area contributed by atoms with Crippen LogP contribution in [0.4, 0.5) is 24.7 Å². The predicted molar refractivity (Wildman–Crippen MR) is 166 cm³/mol. The van der Waals surface area contributed by atoms with E-state index in [1.807, 2.05) is 4.90 Å². The average molecular weight is 646 g/mol. The largest absolute Gasteiger partial charge is 0.463 e. The van der Waals surface area contributed by atoms with E-state index in [1.165, 1.54) is 24.3 Å². The number of carbonyl (C=O) groups is 1. The van der Waals surface area contributed by atoms with E-state index in [1.54, 1.807) is 9.80 Å². The van der Waals surface area contributed by atoms with Gasteiger partial charge in [0.05, 0.1) is 53.7 Å². The minimum absolute atomic E-state index is 0.00542. The normalized spacial score (nSPS) is 22.2. The lowest BCUT2D eigenvalue weighted by Gasteiger charge is -2.42. The fourth-order valence-corrected chi connectivity index (χ4v) is 7.06. The molecule has 1 aromatic carbocycles. The molecule has 2 aromatic rings. The number of halogens is 4. The van der Waals surface area contributed by atoms with E-state index in [0.29, 0.717) is 62.7 Å². The van der Waals surface area contributed by atoms with Crippen LogP contribution in [0.5, 0.6) is 6.01 Å². The summed E-state index contributed by atoms with van der Waals surface area (Å²) in [6.45, 7) is 5.68. The maximum absolute atomic E-state index is 14.1. The lowest BCUT2D eigenvalue weighted by Crippen LogP contribution is -2.55. The van der Waals surface area contributed by atoms with Gasteiger partial charge in [-0.15, -0.1) is 0 Å². The first-order chi connectivity index (χ1) is 21.5. The van der Waals surface area contributed by atoms with Gasteiger partial charge in [0.2, 0.25) is 5.91 Å². The Hall–Kier alpha value is -3.56. The second kappa shape index (κ2) is 13.8. The van der Waals surface area contributed by atoms with E-state index in [0.717, 1.165) is 31.2 Å². The van der Waals surface area contributed by atoms with Crippen molar-refractivity contribution in [2.75, 3.05) is 56.7 Å². The van der Waals surface area contributed by atoms with Crippen LogP contribution < -0.4 is 14.5 Å². The van der Waals surface area contributed by atoms with Crippen molar-refractivity contribution in [1.29, 1.82) is 5.26 Å². The Morgan fingerprint density at radius 2 is 2.02 bits per heavy atom. The summed E-state index contributed by atoms with van der Waals surface area (Å²) < 4.78 is 48.5. The molecule has 1 amide bonds. The number of hydrogen-bond acceptors (Lipinski definition) is 8. The quantitative estimate of drug-likeness (QED) is 0.356. The van der Waals surface area contributed by atoms with Crippen LogP contribution in [0.15, 0.2) is 30.9 Å². The molecule has 45 heavy (non-hydrogen) atoms. The van der Waals surface area contributed by atoms with Crippen molar-refractivity contribution in [2.24, 2.45) is 5.92 Å². The summed E-state index contributed by atoms with van der Waals surface area (Å²) in [6.07, 6.45) is 1.47. The van der Waals surface area contributed by atoms with E-state index in [2.05, 4.69) is 31.6 Å². The molecule has 1 aliphatic carbocycles. The molecule has 242 valence electrons. The Morgan fingerprint density at radius 3 is 2.73 bits per heavy atom. The average Bonchev–Trinajstić information content (AvgIpc) is 3.02. The Bertz CT molecular complexity index is 1450. The van der Waals surface area contributed by atoms with Crippen LogP contribution in [-0.4, -0.2) is 84.6 Å². The molecule has 2 fully saturated rings. The molecule has 0 N–H and O–H groups in total. The zero-order valence-corrected chi connectivity index (χ0v) is 26.4. The first kappa shape index (κ1) is 32.8. The van der Waals surface area contributed by atoms with E-state index in [9.17, 15) is 23.2 Å². The van der Waals surface area contributed by atoms with Crippen LogP contribution in [0, 0.1) is 17.2 Å². The standard InChI is InChI=1S/C32H39ClF3N7O2/c1-4-28(44)43-16-15-42(18-23(43)11-13-37)30-24-12-14-41(27-10-6-9-25(33)29(27)32(34,35)36)19-26(24)38-31(39-30)45-20-21-7-5-8-22(17-21)40(2)3/h4,6,9-10,21-23H,1,5,7-8,11-12,14-20H2,2-3H3/t21?,22?,23-/m0/s1. The molecular formula is C32H39ClF3N7O2. The monoisotopic (exact) mass is 645 g/mol. The minimum Gasteiger partial charge on any atom is -0.463 e. The fraction of sp³-hybridized carbons (Fsp3) is 0.562. The smallest absolute Gasteiger partial charge is 0.419 e. The van der Waals surface area contributed by atoms with Crippen molar-refractivity contribution in [3.8, 4) is 12.1 Å². The number of aromatic nitrogens is 2. The SMILES string of the molecule is C=CC(=O)N1CCN(c2nc(OCC3CCCC(N(C)C)C3)nc3c2CCN(c2cccc(Cl)c2C(F)(F)F)C3)C[C@@H]1CC#N. The van der Waals surface area contributed by atoms with Crippen LogP contribution in [-0.2, 0) is 23.9 Å². The lowest BCUT2D eigenvalue weighted by molar-refractivity contribution is -0.137. The van der Waals surface area contributed by atoms with Crippen LogP contribution in [0.3, 0.4) is 0 Å². The molecule has 13 heteroatoms. The third-order valence-corrected chi connectivity index (χ3v) is 9.45. The number of alkyl halides is 3. The Labute approximate surface area is 267 Å². The molecule has 5 rings (SSSR count). The zero-order valence-electron chi connectivity index (χ0n) is 25.7. The highest BCUT2D eigenvalue weighted by Gasteiger charge is 2.39. The summed E-state index contributed by atoms with van der Waals surface area (Å²) in [7, 11) is 4.18. The number of rotatable bonds is 8. The number of nitrogens with zero attached hydrogens (tertiary/aromatic N) is 7. The van der Waals surface area contributed by atoms with Crippen molar-refractivity contribution >= 4 is 29.0 Å². The molecule has 1 saturated carbocycles. The molecule has 0 bridgehead atoms. The van der Waals surface area contributed by atoms with E-state index in [4.69, 9.17) is 26.3 Å². The molecule has 2 aliphatic heterocycles. The molecule has 3 aliphatic rings. The first-order valence-electron chi connectivity index (χ1n) is 15.3. The number of nitriles is 1. The number of ether oxygens (including phenoxy) is 1. The highest BCUT2D eigenvalue weighted by Crippen LogP contribution is 2.43. The first-order valence-corrected chi connectivity index (χ1v) is 15.7. The van der Waals surface area contributed by atoms with Gasteiger partial charge in [0.15, 0.2) is 0 Å². The summed E-state index contributed by atoms with van der Waals surface area (Å²) in [6, 6.07) is 6.68. The van der Waals surface area contributed by atoms with Crippen LogP contribution in [0.25, 0.3) is 0 Å². The van der Waals surface area contributed by atoms with Gasteiger partial charge in [0.25, 0.3) is 0 Å². The van der Waals surface area contributed by atoms with Crippen molar-refractivity contribution in [3.05, 3.63) is 52.7 Å². The van der Waals surface area contributed by atoms with Gasteiger partial charge in [0, 0.05) is 37.8 Å². The van der Waals surface area contributed by atoms with Crippen LogP contribution >= 0.6 is 11.6 Å². The number of anilines is 2. The van der Waals surface area contributed by atoms with Gasteiger partial charge in [-0.3, -0.25) is 4.79 Å². The highest BCUT2D eigenvalue weighted by molar-refractivity contribution is 6.31.